The van der Waals surface area contributed by atoms with Gasteiger partial charge in [0.05, 0.1) is 5.56 Å². The van der Waals surface area contributed by atoms with E-state index in [0.29, 0.717) is 17.4 Å². The first-order valence-electron chi connectivity index (χ1n) is 7.86. The van der Waals surface area contributed by atoms with Crippen LogP contribution in [0.1, 0.15) is 27.2 Å². The number of nitrogens with one attached hydrogen (secondary N) is 1. The Morgan fingerprint density at radius 1 is 1.15 bits per heavy atom. The number of amides is 1. The summed E-state index contributed by atoms with van der Waals surface area (Å²) in [6.07, 6.45) is -1.53. The van der Waals surface area contributed by atoms with Crippen LogP contribution in [-0.2, 0) is 12.6 Å². The van der Waals surface area contributed by atoms with Crippen LogP contribution in [0.3, 0.4) is 0 Å². The van der Waals surface area contributed by atoms with Crippen molar-refractivity contribution in [3.63, 3.8) is 0 Å². The molecule has 3 aromatic rings. The van der Waals surface area contributed by atoms with Crippen LogP contribution in [0.4, 0.5) is 17.6 Å². The molecule has 0 unspecified atom stereocenters. The van der Waals surface area contributed by atoms with E-state index < -0.39 is 17.6 Å². The Balaban J connectivity index is 1.88. The zero-order valence-electron chi connectivity index (χ0n) is 14.1. The van der Waals surface area contributed by atoms with E-state index in [9.17, 15) is 22.4 Å². The van der Waals surface area contributed by atoms with Gasteiger partial charge in [0, 0.05) is 19.4 Å². The summed E-state index contributed by atoms with van der Waals surface area (Å²) in [5.74, 6) is -0.921. The lowest BCUT2D eigenvalue weighted by atomic mass is 10.0. The van der Waals surface area contributed by atoms with Gasteiger partial charge < -0.3 is 5.32 Å². The highest BCUT2D eigenvalue weighted by atomic mass is 19.4. The van der Waals surface area contributed by atoms with E-state index in [2.05, 4.69) is 15.4 Å². The average molecular weight is 378 g/mol. The molecule has 2 aromatic heterocycles. The van der Waals surface area contributed by atoms with E-state index in [1.54, 1.807) is 18.3 Å². The molecule has 27 heavy (non-hydrogen) atoms. The number of pyridine rings is 1. The van der Waals surface area contributed by atoms with Crippen molar-refractivity contribution in [1.29, 1.82) is 0 Å². The molecule has 5 nitrogen and oxygen atoms in total. The zero-order valence-corrected chi connectivity index (χ0v) is 14.1. The number of aromatic nitrogens is 3. The van der Waals surface area contributed by atoms with E-state index >= 15 is 0 Å². The van der Waals surface area contributed by atoms with Crippen LogP contribution in [0.25, 0.3) is 5.82 Å². The standard InChI is InChI=1S/C18H14F4N4O/c1-23-17(27)15-3-5-26(25-15)16-9-11(2-4-24-16)6-12-7-13(18(20,21)22)10-14(19)8-12/h2-5,7-10H,6H2,1H3,(H,23,27). The molecule has 0 aliphatic carbocycles. The third-order valence-corrected chi connectivity index (χ3v) is 3.79. The van der Waals surface area contributed by atoms with Crippen LogP contribution >= 0.6 is 0 Å². The Morgan fingerprint density at radius 2 is 1.93 bits per heavy atom. The van der Waals surface area contributed by atoms with E-state index in [-0.39, 0.29) is 23.6 Å². The molecule has 0 bridgehead atoms. The molecular formula is C18H14F4N4O. The van der Waals surface area contributed by atoms with Gasteiger partial charge in [0.2, 0.25) is 0 Å². The zero-order chi connectivity index (χ0) is 19.6. The Hall–Kier alpha value is -3.23. The second-order valence-electron chi connectivity index (χ2n) is 5.77. The molecule has 1 amide bonds. The van der Waals surface area contributed by atoms with E-state index in [1.807, 2.05) is 0 Å². The van der Waals surface area contributed by atoms with Crippen LogP contribution in [0.5, 0.6) is 0 Å². The lowest BCUT2D eigenvalue weighted by Crippen LogP contribution is -2.18. The molecule has 0 aliphatic rings. The fraction of sp³-hybridized carbons (Fsp3) is 0.167. The fourth-order valence-electron chi connectivity index (χ4n) is 2.55. The number of carbonyl (C=O) groups excluding carboxylic acids is 1. The Labute approximate surface area is 151 Å². The molecule has 9 heteroatoms. The minimum atomic E-state index is -4.62. The molecule has 3 rings (SSSR count). The highest BCUT2D eigenvalue weighted by Gasteiger charge is 2.31. The number of hydrogen-bond acceptors (Lipinski definition) is 3. The lowest BCUT2D eigenvalue weighted by Gasteiger charge is -2.10. The molecule has 140 valence electrons. The van der Waals surface area contributed by atoms with Crippen molar-refractivity contribution < 1.29 is 22.4 Å². The number of halogens is 4. The van der Waals surface area contributed by atoms with Crippen molar-refractivity contribution in [2.24, 2.45) is 0 Å². The van der Waals surface area contributed by atoms with E-state index in [4.69, 9.17) is 0 Å². The maximum atomic E-state index is 13.6. The van der Waals surface area contributed by atoms with Gasteiger partial charge in [0.25, 0.3) is 5.91 Å². The highest BCUT2D eigenvalue weighted by Crippen LogP contribution is 2.31. The fourth-order valence-corrected chi connectivity index (χ4v) is 2.55. The van der Waals surface area contributed by atoms with Gasteiger partial charge in [-0.3, -0.25) is 4.79 Å². The molecule has 0 fully saturated rings. The summed E-state index contributed by atoms with van der Waals surface area (Å²) >= 11 is 0. The maximum absolute atomic E-state index is 13.6. The van der Waals surface area contributed by atoms with Crippen LogP contribution in [0.2, 0.25) is 0 Å². The lowest BCUT2D eigenvalue weighted by molar-refractivity contribution is -0.137. The van der Waals surface area contributed by atoms with E-state index in [0.717, 1.165) is 12.1 Å². The maximum Gasteiger partial charge on any atom is 0.416 e. The average Bonchev–Trinajstić information content (AvgIpc) is 3.10. The summed E-state index contributed by atoms with van der Waals surface area (Å²) in [7, 11) is 1.48. The summed E-state index contributed by atoms with van der Waals surface area (Å²) in [6, 6.07) is 7.18. The van der Waals surface area contributed by atoms with Crippen molar-refractivity contribution >= 4 is 5.91 Å². The summed E-state index contributed by atoms with van der Waals surface area (Å²) in [5, 5.41) is 6.54. The van der Waals surface area contributed by atoms with Crippen LogP contribution in [0.15, 0.2) is 48.8 Å². The quantitative estimate of drug-likeness (QED) is 0.708. The van der Waals surface area contributed by atoms with Crippen LogP contribution < -0.4 is 5.32 Å². The number of carbonyl (C=O) groups is 1. The monoisotopic (exact) mass is 378 g/mol. The van der Waals surface area contributed by atoms with E-state index in [1.165, 1.54) is 24.0 Å². The smallest absolute Gasteiger partial charge is 0.354 e. The topological polar surface area (TPSA) is 59.8 Å². The van der Waals surface area contributed by atoms with Crippen molar-refractivity contribution in [2.75, 3.05) is 7.05 Å². The van der Waals surface area contributed by atoms with Crippen molar-refractivity contribution in [3.05, 3.63) is 77.0 Å². The largest absolute Gasteiger partial charge is 0.416 e. The minimum Gasteiger partial charge on any atom is -0.354 e. The first-order valence-corrected chi connectivity index (χ1v) is 7.86. The number of alkyl halides is 3. The second kappa shape index (κ2) is 7.18. The molecule has 1 N–H and O–H groups in total. The second-order valence-corrected chi connectivity index (χ2v) is 5.77. The normalized spacial score (nSPS) is 11.4. The van der Waals surface area contributed by atoms with Gasteiger partial charge in [-0.05, 0) is 53.9 Å². The third-order valence-electron chi connectivity index (χ3n) is 3.79. The molecule has 1 aromatic carbocycles. The molecular weight excluding hydrogens is 364 g/mol. The first kappa shape index (κ1) is 18.6. The molecule has 0 saturated carbocycles. The number of benzene rings is 1. The third kappa shape index (κ3) is 4.30. The molecule has 0 spiro atoms. The Morgan fingerprint density at radius 3 is 2.63 bits per heavy atom. The van der Waals surface area contributed by atoms with Crippen LogP contribution in [0, 0.1) is 5.82 Å². The van der Waals surface area contributed by atoms with Crippen molar-refractivity contribution in [2.45, 2.75) is 12.6 Å². The van der Waals surface area contributed by atoms with Gasteiger partial charge in [-0.15, -0.1) is 0 Å². The minimum absolute atomic E-state index is 0.0833. The van der Waals surface area contributed by atoms with Gasteiger partial charge in [-0.2, -0.15) is 18.3 Å². The molecule has 0 radical (unpaired) electrons. The number of rotatable bonds is 4. The molecule has 2 heterocycles. The van der Waals surface area contributed by atoms with Crippen LogP contribution in [-0.4, -0.2) is 27.7 Å². The summed E-state index contributed by atoms with van der Waals surface area (Å²) in [5.41, 5.74) is -0.0274. The highest BCUT2D eigenvalue weighted by molar-refractivity contribution is 5.91. The predicted molar refractivity (Wildman–Crippen MR) is 89.0 cm³/mol. The molecule has 0 saturated heterocycles. The SMILES string of the molecule is CNC(=O)c1ccn(-c2cc(Cc3cc(F)cc(C(F)(F)F)c3)ccn2)n1. The van der Waals surface area contributed by atoms with Gasteiger partial charge in [-0.1, -0.05) is 0 Å². The predicted octanol–water partition coefficient (Wildman–Crippen LogP) is 3.38. The molecule has 0 atom stereocenters. The van der Waals surface area contributed by atoms with Gasteiger partial charge >= 0.3 is 6.18 Å². The van der Waals surface area contributed by atoms with Crippen molar-refractivity contribution in [1.82, 2.24) is 20.1 Å². The number of nitrogens with zero attached hydrogens (tertiary/aromatic N) is 3. The summed E-state index contributed by atoms with van der Waals surface area (Å²) in [4.78, 5) is 15.7. The summed E-state index contributed by atoms with van der Waals surface area (Å²) in [6.45, 7) is 0. The Bertz CT molecular complexity index is 981. The summed E-state index contributed by atoms with van der Waals surface area (Å²) < 4.78 is 53.5. The molecule has 0 aliphatic heterocycles. The first-order chi connectivity index (χ1) is 12.8. The number of hydrogen-bond donors (Lipinski definition) is 1. The van der Waals surface area contributed by atoms with Gasteiger partial charge in [0.15, 0.2) is 11.5 Å². The van der Waals surface area contributed by atoms with Crippen molar-refractivity contribution in [3.8, 4) is 5.82 Å². The van der Waals surface area contributed by atoms with Gasteiger partial charge in [0.1, 0.15) is 5.82 Å². The van der Waals surface area contributed by atoms with Gasteiger partial charge in [-0.25, -0.2) is 14.1 Å². The Kier molecular flexibility index (Phi) is 4.93.